The van der Waals surface area contributed by atoms with Crippen LogP contribution >= 0.6 is 23.2 Å². The quantitative estimate of drug-likeness (QED) is 0.639. The maximum absolute atomic E-state index is 9.56. The zero-order valence-electron chi connectivity index (χ0n) is 12.2. The van der Waals surface area contributed by atoms with Crippen molar-refractivity contribution in [1.29, 1.82) is 5.26 Å². The van der Waals surface area contributed by atoms with Crippen LogP contribution in [0.25, 0.3) is 9.69 Å². The van der Waals surface area contributed by atoms with Gasteiger partial charge in [-0.2, -0.15) is 5.26 Å². The lowest BCUT2D eigenvalue weighted by Gasteiger charge is -2.02. The van der Waals surface area contributed by atoms with Gasteiger partial charge >= 0.3 is 5.82 Å². The highest BCUT2D eigenvalue weighted by atomic mass is 35.5. The molecule has 2 rings (SSSR count). The minimum atomic E-state index is -0.281. The molecule has 7 nitrogen and oxygen atoms in total. The Morgan fingerprint density at radius 3 is 2.46 bits per heavy atom. The van der Waals surface area contributed by atoms with Crippen molar-refractivity contribution in [3.63, 3.8) is 0 Å². The molecule has 0 fully saturated rings. The summed E-state index contributed by atoms with van der Waals surface area (Å²) in [5.41, 5.74) is 0.133. The van der Waals surface area contributed by atoms with Gasteiger partial charge in [-0.25, -0.2) is 4.99 Å². The van der Waals surface area contributed by atoms with Crippen LogP contribution in [0.5, 0.6) is 5.75 Å². The third-order valence-electron chi connectivity index (χ3n) is 3.01. The Morgan fingerprint density at radius 2 is 2.00 bits per heavy atom. The molecular formula is C15H8Cl2N6O. The molecule has 1 aromatic carbocycles. The fourth-order valence-corrected chi connectivity index (χ4v) is 2.44. The second-order valence-electron chi connectivity index (χ2n) is 4.38. The molecule has 0 atom stereocenters. The van der Waals surface area contributed by atoms with Crippen molar-refractivity contribution in [2.75, 3.05) is 0 Å². The fraction of sp³-hybridized carbons (Fsp3) is 0.133. The van der Waals surface area contributed by atoms with Crippen LogP contribution in [0.3, 0.4) is 0 Å². The predicted molar refractivity (Wildman–Crippen MR) is 90.4 cm³/mol. The third-order valence-corrected chi connectivity index (χ3v) is 3.59. The van der Waals surface area contributed by atoms with E-state index in [-0.39, 0.29) is 44.7 Å². The van der Waals surface area contributed by atoms with E-state index < -0.39 is 0 Å². The molecule has 1 N–H and O–H groups in total. The molecule has 0 spiro atoms. The zero-order valence-corrected chi connectivity index (χ0v) is 13.8. The summed E-state index contributed by atoms with van der Waals surface area (Å²) in [5, 5.41) is 18.9. The Kier molecular flexibility index (Phi) is 5.06. The minimum Gasteiger partial charge on any atom is -0.505 e. The van der Waals surface area contributed by atoms with E-state index in [4.69, 9.17) is 36.3 Å². The number of benzene rings is 1. The Morgan fingerprint density at radius 1 is 1.38 bits per heavy atom. The van der Waals surface area contributed by atoms with Crippen LogP contribution < -0.4 is 0 Å². The minimum absolute atomic E-state index is 0.0129. The molecule has 0 aliphatic rings. The summed E-state index contributed by atoms with van der Waals surface area (Å²) in [5.74, 6) is -0.215. The average molecular weight is 359 g/mol. The molecule has 0 aliphatic heterocycles. The number of nitriles is 1. The van der Waals surface area contributed by atoms with Crippen molar-refractivity contribution in [3.8, 4) is 11.8 Å². The Labute approximate surface area is 147 Å². The second kappa shape index (κ2) is 7.02. The maximum Gasteiger partial charge on any atom is 0.332 e. The summed E-state index contributed by atoms with van der Waals surface area (Å²) in [7, 11) is 0. The Balaban J connectivity index is 2.67. The monoisotopic (exact) mass is 358 g/mol. The molecule has 0 amide bonds. The average Bonchev–Trinajstić information content (AvgIpc) is 2.94. The molecule has 9 heteroatoms. The first-order chi connectivity index (χ1) is 11.5. The highest BCUT2D eigenvalue weighted by Crippen LogP contribution is 2.36. The molecule has 0 saturated heterocycles. The topological polar surface area (TPSA) is 82.9 Å². The lowest BCUT2D eigenvalue weighted by atomic mass is 10.3. The summed E-state index contributed by atoms with van der Waals surface area (Å²) in [6.45, 7) is 16.4. The number of hydrogen-bond acceptors (Lipinski definition) is 4. The van der Waals surface area contributed by atoms with Crippen LogP contribution in [-0.4, -0.2) is 20.4 Å². The van der Waals surface area contributed by atoms with Crippen LogP contribution in [0.1, 0.15) is 12.7 Å². The van der Waals surface area contributed by atoms with Crippen molar-refractivity contribution in [1.82, 2.24) is 9.55 Å². The lowest BCUT2D eigenvalue weighted by Crippen LogP contribution is -2.08. The molecule has 1 aromatic heterocycles. The van der Waals surface area contributed by atoms with Gasteiger partial charge in [-0.3, -0.25) is 4.57 Å². The Bertz CT molecular complexity index is 949. The van der Waals surface area contributed by atoms with Crippen LogP contribution in [0.2, 0.25) is 10.0 Å². The van der Waals surface area contributed by atoms with Gasteiger partial charge in [0.15, 0.2) is 5.75 Å². The van der Waals surface area contributed by atoms with Crippen molar-refractivity contribution in [3.05, 3.63) is 50.8 Å². The van der Waals surface area contributed by atoms with E-state index in [2.05, 4.69) is 19.7 Å². The first-order valence-corrected chi connectivity index (χ1v) is 7.25. The highest BCUT2D eigenvalue weighted by molar-refractivity contribution is 6.37. The molecular weight excluding hydrogens is 351 g/mol. The number of aromatic hydroxyl groups is 1. The predicted octanol–water partition coefficient (Wildman–Crippen LogP) is 4.66. The highest BCUT2D eigenvalue weighted by Gasteiger charge is 2.26. The van der Waals surface area contributed by atoms with E-state index in [1.165, 1.54) is 16.7 Å². The van der Waals surface area contributed by atoms with Gasteiger partial charge in [-0.15, -0.1) is 0 Å². The first-order valence-electron chi connectivity index (χ1n) is 6.49. The molecule has 0 radical (unpaired) electrons. The van der Waals surface area contributed by atoms with Crippen molar-refractivity contribution < 1.29 is 5.11 Å². The fourth-order valence-electron chi connectivity index (χ4n) is 1.97. The molecule has 1 heterocycles. The number of imidazole rings is 1. The smallest absolute Gasteiger partial charge is 0.332 e. The molecule has 0 unspecified atom stereocenters. The number of hydrogen-bond donors (Lipinski definition) is 1. The summed E-state index contributed by atoms with van der Waals surface area (Å²) in [4.78, 5) is 14.6. The number of aliphatic imine (C=N–C) groups is 1. The largest absolute Gasteiger partial charge is 0.505 e. The van der Waals surface area contributed by atoms with Gasteiger partial charge in [-0.05, 0) is 19.1 Å². The van der Waals surface area contributed by atoms with Gasteiger partial charge in [0.05, 0.1) is 22.3 Å². The number of rotatable bonds is 3. The maximum atomic E-state index is 9.56. The standard InChI is InChI=1S/C15H8Cl2N6O/c1-4-23-14(22-13(19-2)15(23)20-3)11(7-18)21-8-5-9(16)12(24)10(17)6-8/h5-6,24H,4H2,1H3. The van der Waals surface area contributed by atoms with Gasteiger partial charge in [-0.1, -0.05) is 41.3 Å². The van der Waals surface area contributed by atoms with Gasteiger partial charge in [0, 0.05) is 0 Å². The zero-order chi connectivity index (χ0) is 17.9. The third kappa shape index (κ3) is 3.02. The first kappa shape index (κ1) is 17.3. The molecule has 0 bridgehead atoms. The molecule has 24 heavy (non-hydrogen) atoms. The lowest BCUT2D eigenvalue weighted by molar-refractivity contribution is 0.476. The van der Waals surface area contributed by atoms with Crippen LogP contribution in [0.15, 0.2) is 17.1 Å². The summed E-state index contributed by atoms with van der Waals surface area (Å²) in [6.07, 6.45) is 0. The van der Waals surface area contributed by atoms with Crippen LogP contribution in [-0.2, 0) is 6.54 Å². The molecule has 118 valence electrons. The van der Waals surface area contributed by atoms with Crippen LogP contribution in [0, 0.1) is 24.5 Å². The molecule has 0 saturated carbocycles. The second-order valence-corrected chi connectivity index (χ2v) is 5.20. The summed E-state index contributed by atoms with van der Waals surface area (Å²) < 4.78 is 1.44. The van der Waals surface area contributed by atoms with Crippen molar-refractivity contribution in [2.24, 2.45) is 4.99 Å². The van der Waals surface area contributed by atoms with Gasteiger partial charge in [0.2, 0.25) is 5.71 Å². The number of nitrogens with zero attached hydrogens (tertiary/aromatic N) is 6. The number of phenolic OH excluding ortho intramolecular Hbond substituents is 1. The van der Waals surface area contributed by atoms with Gasteiger partial charge in [0.1, 0.15) is 6.07 Å². The number of halogens is 2. The summed E-state index contributed by atoms with van der Waals surface area (Å²) in [6, 6.07) is 4.57. The van der Waals surface area contributed by atoms with E-state index in [1.54, 1.807) is 6.92 Å². The SMILES string of the molecule is [C-]#[N+]c1nc(C(C#N)=Nc2cc(Cl)c(O)c(Cl)c2)n(CC)c1[N+]#[C-]. The van der Waals surface area contributed by atoms with Crippen molar-refractivity contribution >= 4 is 46.2 Å². The normalized spacial score (nSPS) is 10.8. The van der Waals surface area contributed by atoms with E-state index in [0.29, 0.717) is 6.54 Å². The number of phenols is 1. The van der Waals surface area contributed by atoms with Gasteiger partial charge in [0.25, 0.3) is 11.6 Å². The Hall–Kier alpha value is -3.05. The van der Waals surface area contributed by atoms with Crippen molar-refractivity contribution in [2.45, 2.75) is 13.5 Å². The van der Waals surface area contributed by atoms with E-state index in [9.17, 15) is 10.4 Å². The summed E-state index contributed by atoms with van der Waals surface area (Å²) >= 11 is 11.7. The van der Waals surface area contributed by atoms with E-state index in [0.717, 1.165) is 0 Å². The van der Waals surface area contributed by atoms with Crippen LogP contribution in [0.4, 0.5) is 17.3 Å². The molecule has 2 aromatic rings. The molecule has 0 aliphatic carbocycles. The van der Waals surface area contributed by atoms with E-state index >= 15 is 0 Å². The van der Waals surface area contributed by atoms with E-state index in [1.807, 2.05) is 6.07 Å². The van der Waals surface area contributed by atoms with Gasteiger partial charge < -0.3 is 14.8 Å². The number of aromatic nitrogens is 2.